The summed E-state index contributed by atoms with van der Waals surface area (Å²) in [4.78, 5) is 11.5. The van der Waals surface area contributed by atoms with Gasteiger partial charge in [-0.1, -0.05) is 0 Å². The molecule has 0 fully saturated rings. The van der Waals surface area contributed by atoms with Crippen molar-refractivity contribution in [2.45, 2.75) is 6.54 Å². The predicted octanol–water partition coefficient (Wildman–Crippen LogP) is 2.49. The van der Waals surface area contributed by atoms with Crippen molar-refractivity contribution in [1.29, 1.82) is 0 Å². The van der Waals surface area contributed by atoms with Crippen molar-refractivity contribution in [1.82, 2.24) is 5.32 Å². The van der Waals surface area contributed by atoms with E-state index in [-0.39, 0.29) is 12.3 Å². The quantitative estimate of drug-likeness (QED) is 0.891. The molecule has 0 atom stereocenters. The van der Waals surface area contributed by atoms with Crippen LogP contribution in [-0.2, 0) is 6.54 Å². The van der Waals surface area contributed by atoms with Gasteiger partial charge in [0, 0.05) is 12.6 Å². The first-order valence-electron chi connectivity index (χ1n) is 4.92. The van der Waals surface area contributed by atoms with Crippen LogP contribution in [0.1, 0.15) is 16.1 Å². The molecule has 0 aliphatic rings. The van der Waals surface area contributed by atoms with Gasteiger partial charge in [0.25, 0.3) is 5.91 Å². The Morgan fingerprint density at radius 3 is 2.53 bits per heavy atom. The number of hydrogen-bond donors (Lipinski definition) is 1. The number of benzene rings is 1. The average molecular weight is 237 g/mol. The number of furan rings is 1. The Bertz CT molecular complexity index is 503. The molecule has 1 N–H and O–H groups in total. The van der Waals surface area contributed by atoms with Crippen LogP contribution in [0.15, 0.2) is 41.0 Å². The molecule has 0 spiro atoms. The number of rotatable bonds is 3. The van der Waals surface area contributed by atoms with E-state index in [1.54, 1.807) is 6.07 Å². The summed E-state index contributed by atoms with van der Waals surface area (Å²) in [6.45, 7) is 0.0359. The molecule has 17 heavy (non-hydrogen) atoms. The van der Waals surface area contributed by atoms with Crippen LogP contribution in [0.2, 0.25) is 0 Å². The van der Waals surface area contributed by atoms with Crippen LogP contribution >= 0.6 is 0 Å². The summed E-state index contributed by atoms with van der Waals surface area (Å²) in [6, 6.07) is 6.17. The number of hydrogen-bond acceptors (Lipinski definition) is 2. The van der Waals surface area contributed by atoms with Gasteiger partial charge in [0.15, 0.2) is 5.76 Å². The third kappa shape index (κ3) is 2.90. The second-order valence-corrected chi connectivity index (χ2v) is 3.44. The second-order valence-electron chi connectivity index (χ2n) is 3.44. The molecule has 1 heterocycles. The number of carbonyl (C=O) groups is 1. The van der Waals surface area contributed by atoms with Crippen molar-refractivity contribution < 1.29 is 18.0 Å². The minimum absolute atomic E-state index is 0.0359. The predicted molar refractivity (Wildman–Crippen MR) is 56.2 cm³/mol. The fourth-order valence-corrected chi connectivity index (χ4v) is 1.39. The van der Waals surface area contributed by atoms with E-state index in [1.807, 2.05) is 0 Å². The van der Waals surface area contributed by atoms with Crippen molar-refractivity contribution in [2.75, 3.05) is 0 Å². The van der Waals surface area contributed by atoms with Gasteiger partial charge < -0.3 is 9.73 Å². The molecule has 1 amide bonds. The fourth-order valence-electron chi connectivity index (χ4n) is 1.39. The molecule has 0 radical (unpaired) electrons. The number of nitrogens with one attached hydrogen (secondary N) is 1. The van der Waals surface area contributed by atoms with E-state index in [9.17, 15) is 13.6 Å². The van der Waals surface area contributed by atoms with Gasteiger partial charge in [0.2, 0.25) is 0 Å². The molecule has 1 aromatic heterocycles. The van der Waals surface area contributed by atoms with Gasteiger partial charge in [0.05, 0.1) is 6.26 Å². The maximum absolute atomic E-state index is 12.9. The maximum Gasteiger partial charge on any atom is 0.287 e. The first kappa shape index (κ1) is 11.3. The van der Waals surface area contributed by atoms with Crippen molar-refractivity contribution in [3.05, 3.63) is 59.6 Å². The molecule has 88 valence electrons. The topological polar surface area (TPSA) is 42.2 Å². The summed E-state index contributed by atoms with van der Waals surface area (Å²) in [5, 5.41) is 2.49. The van der Waals surface area contributed by atoms with Crippen LogP contribution in [0.3, 0.4) is 0 Å². The van der Waals surface area contributed by atoms with Gasteiger partial charge in [0.1, 0.15) is 11.6 Å². The molecule has 0 aliphatic heterocycles. The number of amides is 1. The average Bonchev–Trinajstić information content (AvgIpc) is 2.78. The standard InChI is InChI=1S/C12H9F2NO2/c13-9-4-8(5-10(14)6-9)7-15-12(16)11-2-1-3-17-11/h1-6H,7H2,(H,15,16). The lowest BCUT2D eigenvalue weighted by molar-refractivity contribution is 0.0923. The van der Waals surface area contributed by atoms with Crippen molar-refractivity contribution in [3.63, 3.8) is 0 Å². The molecule has 0 bridgehead atoms. The van der Waals surface area contributed by atoms with Crippen LogP contribution in [0.4, 0.5) is 8.78 Å². The van der Waals surface area contributed by atoms with E-state index in [0.29, 0.717) is 5.56 Å². The summed E-state index contributed by atoms with van der Waals surface area (Å²) in [5.41, 5.74) is 0.349. The van der Waals surface area contributed by atoms with Gasteiger partial charge in [-0.15, -0.1) is 0 Å². The Morgan fingerprint density at radius 1 is 1.24 bits per heavy atom. The first-order chi connectivity index (χ1) is 8.15. The molecular weight excluding hydrogens is 228 g/mol. The SMILES string of the molecule is O=C(NCc1cc(F)cc(F)c1)c1ccco1. The third-order valence-corrected chi connectivity index (χ3v) is 2.12. The highest BCUT2D eigenvalue weighted by molar-refractivity contribution is 5.91. The lowest BCUT2D eigenvalue weighted by Crippen LogP contribution is -2.22. The molecule has 1 aromatic carbocycles. The third-order valence-electron chi connectivity index (χ3n) is 2.12. The van der Waals surface area contributed by atoms with E-state index in [0.717, 1.165) is 18.2 Å². The van der Waals surface area contributed by atoms with Gasteiger partial charge in [-0.3, -0.25) is 4.79 Å². The monoisotopic (exact) mass is 237 g/mol. The summed E-state index contributed by atoms with van der Waals surface area (Å²) >= 11 is 0. The molecule has 3 nitrogen and oxygen atoms in total. The van der Waals surface area contributed by atoms with Crippen LogP contribution < -0.4 is 5.32 Å². The van der Waals surface area contributed by atoms with E-state index >= 15 is 0 Å². The lowest BCUT2D eigenvalue weighted by Gasteiger charge is -2.03. The van der Waals surface area contributed by atoms with Crippen LogP contribution in [-0.4, -0.2) is 5.91 Å². The molecule has 0 saturated carbocycles. The maximum atomic E-state index is 12.9. The van der Waals surface area contributed by atoms with E-state index in [2.05, 4.69) is 5.32 Å². The lowest BCUT2D eigenvalue weighted by atomic mass is 10.2. The minimum atomic E-state index is -0.674. The highest BCUT2D eigenvalue weighted by Crippen LogP contribution is 2.08. The normalized spacial score (nSPS) is 10.2. The zero-order valence-electron chi connectivity index (χ0n) is 8.74. The molecule has 0 aliphatic carbocycles. The molecule has 2 rings (SSSR count). The van der Waals surface area contributed by atoms with Crippen LogP contribution in [0.5, 0.6) is 0 Å². The summed E-state index contributed by atoms with van der Waals surface area (Å²) in [7, 11) is 0. The van der Waals surface area contributed by atoms with Gasteiger partial charge in [-0.25, -0.2) is 8.78 Å². The number of carbonyl (C=O) groups excluding carboxylic acids is 1. The van der Waals surface area contributed by atoms with Crippen molar-refractivity contribution >= 4 is 5.91 Å². The Labute approximate surface area is 96.1 Å². The zero-order chi connectivity index (χ0) is 12.3. The summed E-state index contributed by atoms with van der Waals surface area (Å²) in [5.74, 6) is -1.62. The molecular formula is C12H9F2NO2. The Balaban J connectivity index is 2.00. The van der Waals surface area contributed by atoms with Crippen LogP contribution in [0, 0.1) is 11.6 Å². The van der Waals surface area contributed by atoms with E-state index in [4.69, 9.17) is 4.42 Å². The minimum Gasteiger partial charge on any atom is -0.459 e. The van der Waals surface area contributed by atoms with Gasteiger partial charge >= 0.3 is 0 Å². The highest BCUT2D eigenvalue weighted by Gasteiger charge is 2.08. The smallest absolute Gasteiger partial charge is 0.287 e. The van der Waals surface area contributed by atoms with Gasteiger partial charge in [-0.05, 0) is 29.8 Å². The van der Waals surface area contributed by atoms with Crippen molar-refractivity contribution in [3.8, 4) is 0 Å². The molecule has 2 aromatic rings. The summed E-state index contributed by atoms with van der Waals surface area (Å²) in [6.07, 6.45) is 1.37. The molecule has 0 saturated heterocycles. The Morgan fingerprint density at radius 2 is 1.94 bits per heavy atom. The van der Waals surface area contributed by atoms with Crippen molar-refractivity contribution in [2.24, 2.45) is 0 Å². The van der Waals surface area contributed by atoms with E-state index < -0.39 is 17.5 Å². The summed E-state index contributed by atoms with van der Waals surface area (Å²) < 4.78 is 30.6. The number of halogens is 2. The zero-order valence-corrected chi connectivity index (χ0v) is 8.74. The highest BCUT2D eigenvalue weighted by atomic mass is 19.1. The van der Waals surface area contributed by atoms with Gasteiger partial charge in [-0.2, -0.15) is 0 Å². The van der Waals surface area contributed by atoms with E-state index in [1.165, 1.54) is 12.3 Å². The second kappa shape index (κ2) is 4.78. The fraction of sp³-hybridized carbons (Fsp3) is 0.0833. The van der Waals surface area contributed by atoms with Crippen LogP contribution in [0.25, 0.3) is 0 Å². The largest absolute Gasteiger partial charge is 0.459 e. The molecule has 5 heteroatoms. The molecule has 0 unspecified atom stereocenters. The Kier molecular flexibility index (Phi) is 3.18. The Hall–Kier alpha value is -2.17. The first-order valence-corrected chi connectivity index (χ1v) is 4.92.